The molecule has 4 aromatic rings. The Kier molecular flexibility index (Phi) is 6.78. The summed E-state index contributed by atoms with van der Waals surface area (Å²) in [4.78, 5) is 38.7. The van der Waals surface area contributed by atoms with E-state index < -0.39 is 28.1 Å². The van der Waals surface area contributed by atoms with Gasteiger partial charge in [0.15, 0.2) is 27.1 Å². The number of fused-ring (bicyclic) bond motifs is 1. The van der Waals surface area contributed by atoms with E-state index in [1.165, 1.54) is 37.8 Å². The van der Waals surface area contributed by atoms with Gasteiger partial charge in [-0.2, -0.15) is 13.2 Å². The highest BCUT2D eigenvalue weighted by atomic mass is 32.2. The number of halogens is 3. The lowest BCUT2D eigenvalue weighted by Crippen LogP contribution is -2.31. The Morgan fingerprint density at radius 3 is 2.49 bits per heavy atom. The Bertz CT molecular complexity index is 1720. The summed E-state index contributed by atoms with van der Waals surface area (Å²) in [6, 6.07) is 2.82. The maximum Gasteiger partial charge on any atom is 0.406 e. The van der Waals surface area contributed by atoms with Crippen molar-refractivity contribution in [3.8, 4) is 11.4 Å². The summed E-state index contributed by atoms with van der Waals surface area (Å²) in [5, 5.41) is 2.71. The standard InChI is InChI=1S/C24H23F3N8O3S/c1-3-39(37,38)16-7-6-15(28-9-16)8-29-21-23(36)35(11-24(25,26)27)22-17(33-21)10-30-20(34-22)18-13(2)31-12-32-19(18)14-4-5-14/h6-7,9-10,12,14H,3-5,8,11H2,1-2H3,(H,29,33). The number of hydrogen-bond donors (Lipinski definition) is 1. The van der Waals surface area contributed by atoms with Crippen LogP contribution in [0, 0.1) is 6.92 Å². The molecule has 0 spiro atoms. The molecule has 1 saturated carbocycles. The molecule has 204 valence electrons. The molecular formula is C24H23F3N8O3S. The Labute approximate surface area is 220 Å². The predicted molar refractivity (Wildman–Crippen MR) is 135 cm³/mol. The van der Waals surface area contributed by atoms with Crippen molar-refractivity contribution in [3.63, 3.8) is 0 Å². The quantitative estimate of drug-likeness (QED) is 0.341. The fraction of sp³-hybridized carbons (Fsp3) is 0.375. The molecular weight excluding hydrogens is 537 g/mol. The molecule has 0 bridgehead atoms. The molecule has 0 saturated heterocycles. The van der Waals surface area contributed by atoms with E-state index in [-0.39, 0.29) is 45.9 Å². The molecule has 1 N–H and O–H groups in total. The fourth-order valence-corrected chi connectivity index (χ4v) is 4.90. The van der Waals surface area contributed by atoms with Gasteiger partial charge in [0.1, 0.15) is 18.4 Å². The van der Waals surface area contributed by atoms with Crippen LogP contribution in [0.25, 0.3) is 22.6 Å². The number of sulfone groups is 1. The van der Waals surface area contributed by atoms with Crippen LogP contribution in [0.15, 0.2) is 40.5 Å². The second-order valence-corrected chi connectivity index (χ2v) is 11.4. The Morgan fingerprint density at radius 1 is 1.08 bits per heavy atom. The smallest absolute Gasteiger partial charge is 0.360 e. The summed E-state index contributed by atoms with van der Waals surface area (Å²) in [5.41, 5.74) is 0.867. The van der Waals surface area contributed by atoms with E-state index in [2.05, 4.69) is 35.2 Å². The number of aryl methyl sites for hydroxylation is 1. The van der Waals surface area contributed by atoms with E-state index >= 15 is 0 Å². The number of nitrogens with one attached hydrogen (secondary N) is 1. The Morgan fingerprint density at radius 2 is 1.85 bits per heavy atom. The summed E-state index contributed by atoms with van der Waals surface area (Å²) in [6.45, 7) is 1.58. The lowest BCUT2D eigenvalue weighted by Gasteiger charge is -2.15. The number of nitrogens with zero attached hydrogens (tertiary/aromatic N) is 7. The van der Waals surface area contributed by atoms with Gasteiger partial charge in [-0.3, -0.25) is 14.3 Å². The molecule has 0 aliphatic heterocycles. The summed E-state index contributed by atoms with van der Waals surface area (Å²) < 4.78 is 65.1. The minimum atomic E-state index is -4.71. The first-order valence-electron chi connectivity index (χ1n) is 12.0. The lowest BCUT2D eigenvalue weighted by atomic mass is 10.1. The average molecular weight is 561 g/mol. The van der Waals surface area contributed by atoms with Crippen LogP contribution in [0.4, 0.5) is 19.0 Å². The molecule has 5 rings (SSSR count). The third-order valence-corrected chi connectivity index (χ3v) is 7.97. The zero-order valence-corrected chi connectivity index (χ0v) is 21.7. The Hall–Kier alpha value is -4.01. The van der Waals surface area contributed by atoms with Crippen LogP contribution in [-0.2, 0) is 22.9 Å². The number of hydrogen-bond acceptors (Lipinski definition) is 10. The largest absolute Gasteiger partial charge is 0.406 e. The molecule has 15 heteroatoms. The molecule has 0 aromatic carbocycles. The highest BCUT2D eigenvalue weighted by Gasteiger charge is 2.32. The van der Waals surface area contributed by atoms with Crippen molar-refractivity contribution < 1.29 is 21.6 Å². The van der Waals surface area contributed by atoms with Gasteiger partial charge in [0.25, 0.3) is 5.56 Å². The highest BCUT2D eigenvalue weighted by Crippen LogP contribution is 2.43. The highest BCUT2D eigenvalue weighted by molar-refractivity contribution is 7.91. The van der Waals surface area contributed by atoms with E-state index in [1.54, 1.807) is 6.92 Å². The third kappa shape index (κ3) is 5.57. The SMILES string of the molecule is CCS(=O)(=O)c1ccc(CNc2nc3cnc(-c4c(C)ncnc4C4CC4)nc3n(CC(F)(F)F)c2=O)nc1. The molecule has 0 unspecified atom stereocenters. The maximum atomic E-state index is 13.5. The van der Waals surface area contributed by atoms with Crippen LogP contribution >= 0.6 is 0 Å². The first-order valence-corrected chi connectivity index (χ1v) is 13.7. The molecule has 11 nitrogen and oxygen atoms in total. The van der Waals surface area contributed by atoms with E-state index in [0.29, 0.717) is 21.5 Å². The van der Waals surface area contributed by atoms with E-state index in [0.717, 1.165) is 18.5 Å². The molecule has 1 aliphatic carbocycles. The zero-order chi connectivity index (χ0) is 27.9. The number of alkyl halides is 3. The number of anilines is 1. The van der Waals surface area contributed by atoms with Crippen molar-refractivity contribution in [1.82, 2.24) is 34.5 Å². The third-order valence-electron chi connectivity index (χ3n) is 6.25. The molecule has 4 heterocycles. The van der Waals surface area contributed by atoms with Crippen molar-refractivity contribution in [2.24, 2.45) is 0 Å². The van der Waals surface area contributed by atoms with Crippen molar-refractivity contribution in [3.05, 3.63) is 58.3 Å². The summed E-state index contributed by atoms with van der Waals surface area (Å²) in [6.07, 6.45) is 1.02. The first kappa shape index (κ1) is 26.6. The summed E-state index contributed by atoms with van der Waals surface area (Å²) in [5.74, 6) is -0.123. The molecule has 0 radical (unpaired) electrons. The minimum absolute atomic E-state index is 0.0232. The second-order valence-electron chi connectivity index (χ2n) is 9.11. The van der Waals surface area contributed by atoms with Crippen LogP contribution in [0.3, 0.4) is 0 Å². The van der Waals surface area contributed by atoms with Gasteiger partial charge >= 0.3 is 6.18 Å². The molecule has 39 heavy (non-hydrogen) atoms. The van der Waals surface area contributed by atoms with Crippen molar-refractivity contribution in [2.75, 3.05) is 11.1 Å². The molecule has 0 amide bonds. The first-order chi connectivity index (χ1) is 18.5. The van der Waals surface area contributed by atoms with Crippen LogP contribution in [-0.4, -0.2) is 54.8 Å². The Balaban J connectivity index is 1.54. The second kappa shape index (κ2) is 9.94. The topological polar surface area (TPSA) is 146 Å². The molecule has 1 fully saturated rings. The summed E-state index contributed by atoms with van der Waals surface area (Å²) >= 11 is 0. The van der Waals surface area contributed by atoms with Gasteiger partial charge in [-0.15, -0.1) is 0 Å². The normalized spacial score (nSPS) is 14.1. The number of pyridine rings is 1. The van der Waals surface area contributed by atoms with E-state index in [9.17, 15) is 26.4 Å². The monoisotopic (exact) mass is 560 g/mol. The van der Waals surface area contributed by atoms with Gasteiger partial charge in [-0.05, 0) is 31.9 Å². The average Bonchev–Trinajstić information content (AvgIpc) is 3.74. The lowest BCUT2D eigenvalue weighted by molar-refractivity contribution is -0.140. The molecule has 1 aliphatic rings. The van der Waals surface area contributed by atoms with Crippen molar-refractivity contribution >= 4 is 26.8 Å². The van der Waals surface area contributed by atoms with E-state index in [4.69, 9.17) is 0 Å². The summed E-state index contributed by atoms with van der Waals surface area (Å²) in [7, 11) is -3.44. The van der Waals surface area contributed by atoms with Crippen molar-refractivity contribution in [1.29, 1.82) is 0 Å². The van der Waals surface area contributed by atoms with Gasteiger partial charge in [0.05, 0.1) is 46.0 Å². The molecule has 0 atom stereocenters. The van der Waals surface area contributed by atoms with Crippen LogP contribution in [0.5, 0.6) is 0 Å². The van der Waals surface area contributed by atoms with Gasteiger partial charge in [-0.1, -0.05) is 6.92 Å². The number of aromatic nitrogens is 7. The van der Waals surface area contributed by atoms with Crippen LogP contribution in [0.2, 0.25) is 0 Å². The minimum Gasteiger partial charge on any atom is -0.360 e. The van der Waals surface area contributed by atoms with Gasteiger partial charge in [0.2, 0.25) is 0 Å². The molecule has 4 aromatic heterocycles. The van der Waals surface area contributed by atoms with Crippen LogP contribution < -0.4 is 10.9 Å². The van der Waals surface area contributed by atoms with Crippen LogP contribution in [0.1, 0.15) is 42.8 Å². The van der Waals surface area contributed by atoms with Gasteiger partial charge < -0.3 is 5.32 Å². The van der Waals surface area contributed by atoms with Gasteiger partial charge in [0, 0.05) is 12.1 Å². The van der Waals surface area contributed by atoms with Crippen molar-refractivity contribution in [2.45, 2.75) is 56.8 Å². The maximum absolute atomic E-state index is 13.5. The zero-order valence-electron chi connectivity index (χ0n) is 20.9. The van der Waals surface area contributed by atoms with E-state index in [1.807, 2.05) is 0 Å². The van der Waals surface area contributed by atoms with Gasteiger partial charge in [-0.25, -0.2) is 33.3 Å². The predicted octanol–water partition coefficient (Wildman–Crippen LogP) is 3.19. The fourth-order valence-electron chi connectivity index (χ4n) is 4.07. The number of rotatable bonds is 8.